The van der Waals surface area contributed by atoms with Crippen molar-refractivity contribution in [3.05, 3.63) is 70.9 Å². The number of H-pyrrole nitrogens is 1. The number of carbonyl (C=O) groups is 1. The lowest BCUT2D eigenvalue weighted by atomic mass is 10.3. The number of nitrogens with one attached hydrogen (secondary N) is 2. The molecule has 0 aliphatic rings. The van der Waals surface area contributed by atoms with Crippen molar-refractivity contribution in [1.82, 2.24) is 19.7 Å². The minimum atomic E-state index is -0.524. The van der Waals surface area contributed by atoms with E-state index in [-0.39, 0.29) is 22.2 Å². The number of aromatic nitrogens is 4. The molecule has 0 aliphatic heterocycles. The normalized spacial score (nSPS) is 10.9. The maximum absolute atomic E-state index is 13.7. The molecule has 0 fully saturated rings. The van der Waals surface area contributed by atoms with E-state index in [0.29, 0.717) is 22.5 Å². The van der Waals surface area contributed by atoms with E-state index >= 15 is 0 Å². The summed E-state index contributed by atoms with van der Waals surface area (Å²) in [5.74, 6) is -0.440. The molecule has 0 unspecified atom stereocenters. The molecule has 1 amide bonds. The Balaban J connectivity index is 1.59. The van der Waals surface area contributed by atoms with Crippen LogP contribution in [-0.2, 0) is 4.79 Å². The summed E-state index contributed by atoms with van der Waals surface area (Å²) >= 11 is 1.03. The summed E-state index contributed by atoms with van der Waals surface area (Å²) in [4.78, 5) is 31.7. The first-order valence-corrected chi connectivity index (χ1v) is 9.84. The Morgan fingerprint density at radius 1 is 1.23 bits per heavy atom. The molecule has 0 saturated heterocycles. The summed E-state index contributed by atoms with van der Waals surface area (Å²) < 4.78 is 20.5. The lowest BCUT2D eigenvalue weighted by molar-refractivity contribution is -0.113. The van der Waals surface area contributed by atoms with E-state index in [4.69, 9.17) is 4.74 Å². The Hall–Kier alpha value is -3.66. The lowest BCUT2D eigenvalue weighted by Crippen LogP contribution is -2.16. The van der Waals surface area contributed by atoms with Crippen LogP contribution >= 0.6 is 11.8 Å². The van der Waals surface area contributed by atoms with E-state index in [1.54, 1.807) is 25.3 Å². The number of thioether (sulfide) groups is 1. The van der Waals surface area contributed by atoms with E-state index in [1.165, 1.54) is 29.1 Å². The number of fused-ring (bicyclic) bond motifs is 1. The van der Waals surface area contributed by atoms with Crippen LogP contribution in [0.5, 0.6) is 5.75 Å². The van der Waals surface area contributed by atoms with Crippen LogP contribution in [-0.4, -0.2) is 38.5 Å². The molecule has 0 saturated carbocycles. The van der Waals surface area contributed by atoms with Crippen molar-refractivity contribution in [3.8, 4) is 11.4 Å². The van der Waals surface area contributed by atoms with Gasteiger partial charge in [-0.15, -0.1) is 0 Å². The third-order valence-corrected chi connectivity index (χ3v) is 5.09. The maximum atomic E-state index is 13.7. The number of aromatic amines is 1. The number of carbonyl (C=O) groups excluding carboxylic acids is 1. The predicted molar refractivity (Wildman–Crippen MR) is 112 cm³/mol. The van der Waals surface area contributed by atoms with Crippen molar-refractivity contribution in [2.45, 2.75) is 5.16 Å². The topological polar surface area (TPSA) is 102 Å². The largest absolute Gasteiger partial charge is 0.494 e. The fraction of sp³-hybridized carbons (Fsp3) is 0.100. The van der Waals surface area contributed by atoms with Crippen molar-refractivity contribution < 1.29 is 13.9 Å². The highest BCUT2D eigenvalue weighted by atomic mass is 32.2. The first-order valence-electron chi connectivity index (χ1n) is 8.85. The van der Waals surface area contributed by atoms with E-state index < -0.39 is 11.7 Å². The molecule has 152 valence electrons. The predicted octanol–water partition coefficient (Wildman–Crippen LogP) is 2.99. The molecule has 0 aliphatic carbocycles. The van der Waals surface area contributed by atoms with Gasteiger partial charge < -0.3 is 15.0 Å². The quantitative estimate of drug-likeness (QED) is 0.364. The van der Waals surface area contributed by atoms with Crippen LogP contribution in [0.2, 0.25) is 0 Å². The van der Waals surface area contributed by atoms with Crippen molar-refractivity contribution in [1.29, 1.82) is 0 Å². The minimum absolute atomic E-state index is 0.0639. The number of nitrogens with zero attached hydrogens (tertiary/aromatic N) is 3. The van der Waals surface area contributed by atoms with Crippen molar-refractivity contribution in [3.63, 3.8) is 0 Å². The number of amides is 1. The highest BCUT2D eigenvalue weighted by molar-refractivity contribution is 7.99. The summed E-state index contributed by atoms with van der Waals surface area (Å²) in [6.07, 6.45) is 1.42. The Kier molecular flexibility index (Phi) is 5.48. The van der Waals surface area contributed by atoms with Gasteiger partial charge in [0.2, 0.25) is 5.91 Å². The van der Waals surface area contributed by atoms with Crippen LogP contribution < -0.4 is 15.6 Å². The molecule has 0 atom stereocenters. The molecular weight excluding hydrogens is 409 g/mol. The van der Waals surface area contributed by atoms with Gasteiger partial charge in [0, 0.05) is 0 Å². The van der Waals surface area contributed by atoms with Gasteiger partial charge in [0.05, 0.1) is 24.7 Å². The molecule has 0 bridgehead atoms. The molecule has 2 aromatic carbocycles. The number of halogens is 1. The van der Waals surface area contributed by atoms with Gasteiger partial charge in [0.1, 0.15) is 22.6 Å². The first-order chi connectivity index (χ1) is 14.6. The number of para-hydroxylation sites is 3. The standard InChI is InChI=1S/C20H16FN5O3S/c1-29-16-9-5-4-8-15(16)26-18-12(10-22-26)19(28)25-20(24-18)30-11-17(27)23-14-7-3-2-6-13(14)21/h2-10H,11H2,1H3,(H,23,27)(H,24,25,28). The second-order valence-electron chi connectivity index (χ2n) is 6.15. The molecule has 4 rings (SSSR count). The number of ether oxygens (including phenoxy) is 1. The van der Waals surface area contributed by atoms with Crippen LogP contribution in [0.25, 0.3) is 16.7 Å². The zero-order chi connectivity index (χ0) is 21.1. The highest BCUT2D eigenvalue weighted by Crippen LogP contribution is 2.25. The Bertz CT molecular complexity index is 1290. The molecule has 10 heteroatoms. The zero-order valence-electron chi connectivity index (χ0n) is 15.8. The number of methoxy groups -OCH3 is 1. The van der Waals surface area contributed by atoms with Crippen molar-refractivity contribution in [2.75, 3.05) is 18.2 Å². The SMILES string of the molecule is COc1ccccc1-n1ncc2c(=O)[nH]c(SCC(=O)Nc3ccccc3F)nc21. The molecule has 8 nitrogen and oxygen atoms in total. The fourth-order valence-electron chi connectivity index (χ4n) is 2.83. The van der Waals surface area contributed by atoms with Crippen LogP contribution in [0, 0.1) is 5.82 Å². The second kappa shape index (κ2) is 8.37. The Labute approximate surface area is 174 Å². The number of rotatable bonds is 6. The summed E-state index contributed by atoms with van der Waals surface area (Å²) in [6, 6.07) is 13.1. The van der Waals surface area contributed by atoms with Crippen LogP contribution in [0.4, 0.5) is 10.1 Å². The number of benzene rings is 2. The van der Waals surface area contributed by atoms with Gasteiger partial charge in [-0.25, -0.2) is 14.1 Å². The second-order valence-corrected chi connectivity index (χ2v) is 7.12. The van der Waals surface area contributed by atoms with Crippen molar-refractivity contribution in [2.24, 2.45) is 0 Å². The third kappa shape index (κ3) is 3.90. The molecule has 2 N–H and O–H groups in total. The Morgan fingerprint density at radius 3 is 2.80 bits per heavy atom. The monoisotopic (exact) mass is 425 g/mol. The van der Waals surface area contributed by atoms with E-state index in [1.807, 2.05) is 12.1 Å². The number of hydrogen-bond donors (Lipinski definition) is 2. The zero-order valence-corrected chi connectivity index (χ0v) is 16.6. The molecule has 4 aromatic rings. The third-order valence-electron chi connectivity index (χ3n) is 4.22. The number of hydrogen-bond acceptors (Lipinski definition) is 6. The van der Waals surface area contributed by atoms with Gasteiger partial charge in [-0.1, -0.05) is 36.0 Å². The highest BCUT2D eigenvalue weighted by Gasteiger charge is 2.15. The summed E-state index contributed by atoms with van der Waals surface area (Å²) in [5, 5.41) is 7.30. The molecule has 2 heterocycles. The molecule has 30 heavy (non-hydrogen) atoms. The van der Waals surface area contributed by atoms with Gasteiger partial charge in [-0.3, -0.25) is 9.59 Å². The Morgan fingerprint density at radius 2 is 2.00 bits per heavy atom. The average molecular weight is 425 g/mol. The van der Waals surface area contributed by atoms with Gasteiger partial charge in [0.25, 0.3) is 5.56 Å². The van der Waals surface area contributed by atoms with Gasteiger partial charge in [0.15, 0.2) is 10.8 Å². The van der Waals surface area contributed by atoms with Gasteiger partial charge in [-0.05, 0) is 24.3 Å². The van der Waals surface area contributed by atoms with Gasteiger partial charge >= 0.3 is 0 Å². The number of anilines is 1. The van der Waals surface area contributed by atoms with Gasteiger partial charge in [-0.2, -0.15) is 5.10 Å². The molecule has 2 aromatic heterocycles. The van der Waals surface area contributed by atoms with E-state index in [9.17, 15) is 14.0 Å². The summed E-state index contributed by atoms with van der Waals surface area (Å²) in [6.45, 7) is 0. The van der Waals surface area contributed by atoms with Crippen molar-refractivity contribution >= 4 is 34.4 Å². The minimum Gasteiger partial charge on any atom is -0.494 e. The average Bonchev–Trinajstić information content (AvgIpc) is 3.18. The lowest BCUT2D eigenvalue weighted by Gasteiger charge is -2.09. The molecule has 0 spiro atoms. The smallest absolute Gasteiger partial charge is 0.262 e. The van der Waals surface area contributed by atoms with Crippen LogP contribution in [0.1, 0.15) is 0 Å². The van der Waals surface area contributed by atoms with Crippen LogP contribution in [0.15, 0.2) is 64.7 Å². The summed E-state index contributed by atoms with van der Waals surface area (Å²) in [7, 11) is 1.54. The summed E-state index contributed by atoms with van der Waals surface area (Å²) in [5.41, 5.74) is 0.675. The maximum Gasteiger partial charge on any atom is 0.262 e. The van der Waals surface area contributed by atoms with E-state index in [0.717, 1.165) is 11.8 Å². The molecular formula is C20H16FN5O3S. The van der Waals surface area contributed by atoms with Crippen LogP contribution in [0.3, 0.4) is 0 Å². The van der Waals surface area contributed by atoms with E-state index in [2.05, 4.69) is 20.4 Å². The fourth-order valence-corrected chi connectivity index (χ4v) is 3.49. The molecule has 0 radical (unpaired) electrons. The first kappa shape index (κ1) is 19.6.